The smallest absolute Gasteiger partial charge is 0.193 e. The lowest BCUT2D eigenvalue weighted by Crippen LogP contribution is -2.39. The molecule has 4 nitrogen and oxygen atoms in total. The van der Waals surface area contributed by atoms with Crippen molar-refractivity contribution in [1.29, 1.82) is 0 Å². The average Bonchev–Trinajstić information content (AvgIpc) is 3.10. The van der Waals surface area contributed by atoms with E-state index in [9.17, 15) is 0 Å². The van der Waals surface area contributed by atoms with Crippen molar-refractivity contribution in [2.45, 2.75) is 19.4 Å². The maximum Gasteiger partial charge on any atom is 0.193 e. The van der Waals surface area contributed by atoms with Gasteiger partial charge in [-0.05, 0) is 30.5 Å². The Kier molecular flexibility index (Phi) is 9.52. The average molecular weight is 440 g/mol. The number of allylic oxidation sites excluding steroid dienone is 1. The fraction of sp³-hybridized carbons (Fsp3) is 0.421. The Balaban J connectivity index is 0.00000288. The van der Waals surface area contributed by atoms with Crippen LogP contribution >= 0.6 is 24.0 Å². The lowest BCUT2D eigenvalue weighted by Gasteiger charge is -2.22. The van der Waals surface area contributed by atoms with Crippen molar-refractivity contribution in [1.82, 2.24) is 10.2 Å². The molecule has 24 heavy (non-hydrogen) atoms. The van der Waals surface area contributed by atoms with Crippen molar-refractivity contribution in [3.63, 3.8) is 0 Å². The second-order valence-electron chi connectivity index (χ2n) is 5.80. The second-order valence-corrected chi connectivity index (χ2v) is 5.80. The van der Waals surface area contributed by atoms with Gasteiger partial charge in [-0.3, -0.25) is 4.99 Å². The number of hydrogen-bond donors (Lipinski definition) is 1. The molecule has 1 aliphatic rings. The summed E-state index contributed by atoms with van der Waals surface area (Å²) in [4.78, 5) is 8.89. The first-order valence-electron chi connectivity index (χ1n) is 8.26. The van der Waals surface area contributed by atoms with Gasteiger partial charge in [-0.25, -0.2) is 0 Å². The van der Waals surface area contributed by atoms with Crippen LogP contribution < -0.4 is 10.2 Å². The largest absolute Gasteiger partial charge is 0.364 e. The number of nitrogens with one attached hydrogen (secondary N) is 1. The van der Waals surface area contributed by atoms with Gasteiger partial charge in [-0.2, -0.15) is 0 Å². The lowest BCUT2D eigenvalue weighted by molar-refractivity contribution is 0.470. The molecule has 0 saturated heterocycles. The second kappa shape index (κ2) is 11.1. The minimum atomic E-state index is 0. The first kappa shape index (κ1) is 20.5. The molecule has 0 unspecified atom stereocenters. The molecule has 1 aromatic carbocycles. The fourth-order valence-corrected chi connectivity index (χ4v) is 2.70. The topological polar surface area (TPSA) is 30.9 Å². The van der Waals surface area contributed by atoms with Crippen LogP contribution in [0.15, 0.2) is 54.1 Å². The fourth-order valence-electron chi connectivity index (χ4n) is 2.70. The molecule has 1 aromatic rings. The molecule has 0 fully saturated rings. The standard InChI is InChI=1S/C19H28N4.HI/c1-4-5-6-12-22(3)19(20-2)21-16-17-10-9-11-18(15-17)23-13-7-8-14-23;/h4,7-11,15H,1,5-6,12-14,16H2,2-3H3,(H,20,21);1H. The van der Waals surface area contributed by atoms with Crippen molar-refractivity contribution in [2.75, 3.05) is 38.6 Å². The zero-order valence-corrected chi connectivity index (χ0v) is 17.1. The summed E-state index contributed by atoms with van der Waals surface area (Å²) >= 11 is 0. The van der Waals surface area contributed by atoms with Crippen LogP contribution in [0.3, 0.4) is 0 Å². The maximum absolute atomic E-state index is 4.37. The van der Waals surface area contributed by atoms with E-state index in [0.717, 1.165) is 45.0 Å². The predicted molar refractivity (Wildman–Crippen MR) is 115 cm³/mol. The summed E-state index contributed by atoms with van der Waals surface area (Å²) in [6, 6.07) is 8.71. The molecule has 0 bridgehead atoms. The molecule has 0 radical (unpaired) electrons. The molecule has 0 spiro atoms. The zero-order chi connectivity index (χ0) is 16.5. The Morgan fingerprint density at radius 2 is 2.12 bits per heavy atom. The van der Waals surface area contributed by atoms with Crippen LogP contribution in [0.5, 0.6) is 0 Å². The van der Waals surface area contributed by atoms with E-state index >= 15 is 0 Å². The number of benzene rings is 1. The Hall–Kier alpha value is -1.50. The minimum Gasteiger partial charge on any atom is -0.364 e. The number of guanidine groups is 1. The molecule has 1 heterocycles. The van der Waals surface area contributed by atoms with Gasteiger partial charge in [0.15, 0.2) is 5.96 Å². The molecule has 0 saturated carbocycles. The van der Waals surface area contributed by atoms with E-state index < -0.39 is 0 Å². The van der Waals surface area contributed by atoms with Crippen molar-refractivity contribution < 1.29 is 0 Å². The van der Waals surface area contributed by atoms with E-state index in [-0.39, 0.29) is 24.0 Å². The molecule has 0 amide bonds. The Morgan fingerprint density at radius 1 is 1.38 bits per heavy atom. The summed E-state index contributed by atoms with van der Waals surface area (Å²) in [7, 11) is 3.91. The number of halogens is 1. The van der Waals surface area contributed by atoms with Gasteiger partial charge in [0.2, 0.25) is 0 Å². The lowest BCUT2D eigenvalue weighted by atomic mass is 10.2. The van der Waals surface area contributed by atoms with Gasteiger partial charge in [-0.1, -0.05) is 30.4 Å². The third-order valence-electron chi connectivity index (χ3n) is 4.02. The molecular formula is C19H29IN4. The number of rotatable bonds is 7. The number of hydrogen-bond acceptors (Lipinski definition) is 2. The van der Waals surface area contributed by atoms with Crippen LogP contribution in [0.25, 0.3) is 0 Å². The summed E-state index contributed by atoms with van der Waals surface area (Å²) in [6.07, 6.45) is 8.52. The van der Waals surface area contributed by atoms with Crippen molar-refractivity contribution >= 4 is 35.6 Å². The summed E-state index contributed by atoms with van der Waals surface area (Å²) < 4.78 is 0. The molecule has 5 heteroatoms. The molecule has 1 N–H and O–H groups in total. The third kappa shape index (κ3) is 6.19. The first-order chi connectivity index (χ1) is 11.2. The zero-order valence-electron chi connectivity index (χ0n) is 14.7. The van der Waals surface area contributed by atoms with Gasteiger partial charge >= 0.3 is 0 Å². The highest BCUT2D eigenvalue weighted by molar-refractivity contribution is 14.0. The van der Waals surface area contributed by atoms with Crippen LogP contribution in [0.4, 0.5) is 5.69 Å². The number of aliphatic imine (C=N–C) groups is 1. The Labute approximate surface area is 163 Å². The van der Waals surface area contributed by atoms with Crippen LogP contribution in [-0.4, -0.2) is 44.6 Å². The van der Waals surface area contributed by atoms with Crippen LogP contribution in [-0.2, 0) is 6.54 Å². The molecule has 2 rings (SSSR count). The predicted octanol–water partition coefficient (Wildman–Crippen LogP) is 3.65. The number of nitrogens with zero attached hydrogens (tertiary/aromatic N) is 3. The van der Waals surface area contributed by atoms with Crippen LogP contribution in [0.1, 0.15) is 18.4 Å². The highest BCUT2D eigenvalue weighted by Crippen LogP contribution is 2.18. The summed E-state index contributed by atoms with van der Waals surface area (Å²) in [6.45, 7) is 7.54. The maximum atomic E-state index is 4.37. The third-order valence-corrected chi connectivity index (χ3v) is 4.02. The van der Waals surface area contributed by atoms with Crippen molar-refractivity contribution in [3.8, 4) is 0 Å². The quantitative estimate of drug-likeness (QED) is 0.231. The molecule has 0 aromatic heterocycles. The van der Waals surface area contributed by atoms with E-state index in [1.54, 1.807) is 0 Å². The highest BCUT2D eigenvalue weighted by atomic mass is 127. The molecule has 0 atom stereocenters. The van der Waals surface area contributed by atoms with Crippen LogP contribution in [0, 0.1) is 0 Å². The van der Waals surface area contributed by atoms with E-state index in [1.807, 2.05) is 13.1 Å². The van der Waals surface area contributed by atoms with Gasteiger partial charge in [0.1, 0.15) is 0 Å². The van der Waals surface area contributed by atoms with Gasteiger partial charge in [0.05, 0.1) is 0 Å². The Morgan fingerprint density at radius 3 is 2.79 bits per heavy atom. The van der Waals surface area contributed by atoms with E-state index in [2.05, 4.69) is 70.2 Å². The van der Waals surface area contributed by atoms with Gasteiger partial charge < -0.3 is 15.1 Å². The van der Waals surface area contributed by atoms with Gasteiger partial charge in [-0.15, -0.1) is 30.6 Å². The Bertz CT molecular complexity index is 560. The highest BCUT2D eigenvalue weighted by Gasteiger charge is 2.09. The monoisotopic (exact) mass is 440 g/mol. The SMILES string of the molecule is C=CCCCN(C)C(=NC)NCc1cccc(N2CC=CC2)c1.I. The van der Waals surface area contributed by atoms with Crippen LogP contribution in [0.2, 0.25) is 0 Å². The number of unbranched alkanes of at least 4 members (excludes halogenated alkanes) is 1. The van der Waals surface area contributed by atoms with Gasteiger partial charge in [0, 0.05) is 46.0 Å². The minimum absolute atomic E-state index is 0. The molecular weight excluding hydrogens is 411 g/mol. The normalized spacial score (nSPS) is 13.6. The summed E-state index contributed by atoms with van der Waals surface area (Å²) in [5.41, 5.74) is 2.55. The van der Waals surface area contributed by atoms with Crippen molar-refractivity contribution in [2.24, 2.45) is 4.99 Å². The van der Waals surface area contributed by atoms with E-state index in [0.29, 0.717) is 0 Å². The molecule has 0 aliphatic carbocycles. The van der Waals surface area contributed by atoms with E-state index in [1.165, 1.54) is 11.3 Å². The molecule has 132 valence electrons. The summed E-state index contributed by atoms with van der Waals surface area (Å²) in [5, 5.41) is 3.45. The molecule has 1 aliphatic heterocycles. The van der Waals surface area contributed by atoms with Crippen molar-refractivity contribution in [3.05, 3.63) is 54.6 Å². The summed E-state index contributed by atoms with van der Waals surface area (Å²) in [5.74, 6) is 0.933. The van der Waals surface area contributed by atoms with E-state index in [4.69, 9.17) is 0 Å². The van der Waals surface area contributed by atoms with Gasteiger partial charge in [0.25, 0.3) is 0 Å². The first-order valence-corrected chi connectivity index (χ1v) is 8.26. The number of anilines is 1.